The smallest absolute Gasteiger partial charge is 0.227 e. The van der Waals surface area contributed by atoms with Gasteiger partial charge in [0.2, 0.25) is 5.91 Å². The van der Waals surface area contributed by atoms with Gasteiger partial charge in [-0.05, 0) is 49.1 Å². The van der Waals surface area contributed by atoms with Crippen LogP contribution in [0.1, 0.15) is 53.1 Å². The fourth-order valence-corrected chi connectivity index (χ4v) is 5.76. The summed E-state index contributed by atoms with van der Waals surface area (Å²) < 4.78 is 14.7. The molecule has 2 aliphatic rings. The minimum Gasteiger partial charge on any atom is -0.508 e. The van der Waals surface area contributed by atoms with Gasteiger partial charge < -0.3 is 15.1 Å². The summed E-state index contributed by atoms with van der Waals surface area (Å²) in [5.41, 5.74) is 1.50. The van der Waals surface area contributed by atoms with E-state index in [-0.39, 0.29) is 29.9 Å². The van der Waals surface area contributed by atoms with E-state index in [0.29, 0.717) is 49.4 Å². The fraction of sp³-hybridized carbons (Fsp3) is 0.500. The van der Waals surface area contributed by atoms with E-state index in [1.807, 2.05) is 15.9 Å². The van der Waals surface area contributed by atoms with E-state index in [4.69, 9.17) is 0 Å². The molecule has 0 aromatic heterocycles. The Kier molecular flexibility index (Phi) is 8.19. The number of piperidine rings is 1. The summed E-state index contributed by atoms with van der Waals surface area (Å²) in [5.74, 6) is -2.23. The predicted octanol–water partition coefficient (Wildman–Crippen LogP) is 3.75. The maximum absolute atomic E-state index is 14.7. The second-order valence-electron chi connectivity index (χ2n) is 9.83. The summed E-state index contributed by atoms with van der Waals surface area (Å²) >= 11 is 0. The lowest BCUT2D eigenvalue weighted by Crippen LogP contribution is -2.54. The first-order valence-electron chi connectivity index (χ1n) is 12.6. The van der Waals surface area contributed by atoms with E-state index < -0.39 is 17.8 Å². The first kappa shape index (κ1) is 25.3. The Morgan fingerprint density at radius 1 is 1.00 bits per heavy atom. The van der Waals surface area contributed by atoms with Crippen molar-refractivity contribution in [3.8, 4) is 5.75 Å². The van der Waals surface area contributed by atoms with E-state index in [1.54, 1.807) is 25.1 Å². The highest BCUT2D eigenvalue weighted by atomic mass is 19.1. The third-order valence-corrected chi connectivity index (χ3v) is 7.56. The number of aliphatic hydroxyl groups is 1. The van der Waals surface area contributed by atoms with E-state index in [0.717, 1.165) is 25.7 Å². The lowest BCUT2D eigenvalue weighted by atomic mass is 9.69. The third-order valence-electron chi connectivity index (χ3n) is 7.56. The number of ketones is 1. The quantitative estimate of drug-likeness (QED) is 0.613. The molecule has 4 rings (SSSR count). The zero-order valence-corrected chi connectivity index (χ0v) is 20.3. The van der Waals surface area contributed by atoms with Gasteiger partial charge in [0.15, 0.2) is 5.78 Å². The van der Waals surface area contributed by atoms with Crippen LogP contribution in [0.25, 0.3) is 0 Å². The molecule has 2 saturated heterocycles. The van der Waals surface area contributed by atoms with Crippen LogP contribution in [0.15, 0.2) is 42.5 Å². The summed E-state index contributed by atoms with van der Waals surface area (Å²) in [4.78, 5) is 31.7. The molecule has 0 radical (unpaired) electrons. The standard InChI is InChI=1S/C28H35FN2O4/c1-19-22(10-7-11-25(19)29)26-23(27(34)20-8-6-9-21(33)16-20)17-30(14-15-32)18-24(26)28(35)31-12-4-2-3-5-13-31/h6-11,16,23-24,26,32-33H,2-5,12-15,17-18H2,1H3. The van der Waals surface area contributed by atoms with E-state index in [9.17, 15) is 24.2 Å². The average Bonchev–Trinajstić information content (AvgIpc) is 3.14. The SMILES string of the molecule is Cc1c(F)cccc1C1C(C(=O)c2cccc(O)c2)CN(CCO)CC1C(=O)N1CCCCCC1. The van der Waals surface area contributed by atoms with Crippen molar-refractivity contribution < 1.29 is 24.2 Å². The van der Waals surface area contributed by atoms with Crippen LogP contribution < -0.4 is 0 Å². The summed E-state index contributed by atoms with van der Waals surface area (Å²) in [6, 6.07) is 11.1. The monoisotopic (exact) mass is 482 g/mol. The van der Waals surface area contributed by atoms with Crippen molar-refractivity contribution in [2.45, 2.75) is 38.5 Å². The van der Waals surface area contributed by atoms with Crippen molar-refractivity contribution in [1.82, 2.24) is 9.80 Å². The first-order valence-corrected chi connectivity index (χ1v) is 12.6. The lowest BCUT2D eigenvalue weighted by Gasteiger charge is -2.44. The number of carbonyl (C=O) groups excluding carboxylic acids is 2. The molecular formula is C28H35FN2O4. The molecule has 35 heavy (non-hydrogen) atoms. The average molecular weight is 483 g/mol. The number of amides is 1. The van der Waals surface area contributed by atoms with Gasteiger partial charge in [-0.15, -0.1) is 0 Å². The number of rotatable bonds is 6. The highest BCUT2D eigenvalue weighted by molar-refractivity contribution is 5.99. The lowest BCUT2D eigenvalue weighted by molar-refractivity contribution is -0.139. The highest BCUT2D eigenvalue weighted by Crippen LogP contribution is 2.42. The van der Waals surface area contributed by atoms with E-state index >= 15 is 0 Å². The number of benzene rings is 2. The molecule has 2 aliphatic heterocycles. The van der Waals surface area contributed by atoms with E-state index in [1.165, 1.54) is 18.2 Å². The Balaban J connectivity index is 1.80. The highest BCUT2D eigenvalue weighted by Gasteiger charge is 2.46. The Labute approximate surface area is 206 Å². The van der Waals surface area contributed by atoms with Gasteiger partial charge >= 0.3 is 0 Å². The molecule has 0 aliphatic carbocycles. The number of aliphatic hydroxyl groups excluding tert-OH is 1. The van der Waals surface area contributed by atoms with Gasteiger partial charge in [0.25, 0.3) is 0 Å². The maximum Gasteiger partial charge on any atom is 0.227 e. The van der Waals surface area contributed by atoms with Gasteiger partial charge in [-0.25, -0.2) is 4.39 Å². The number of aromatic hydroxyl groups is 1. The molecule has 1 amide bonds. The topological polar surface area (TPSA) is 81.1 Å². The normalized spacial score (nSPS) is 23.6. The van der Waals surface area contributed by atoms with Crippen molar-refractivity contribution in [3.05, 3.63) is 65.0 Å². The van der Waals surface area contributed by atoms with Crippen LogP contribution in [-0.2, 0) is 4.79 Å². The predicted molar refractivity (Wildman–Crippen MR) is 132 cm³/mol. The number of halogens is 1. The van der Waals surface area contributed by atoms with Crippen molar-refractivity contribution >= 4 is 11.7 Å². The maximum atomic E-state index is 14.7. The van der Waals surface area contributed by atoms with Crippen LogP contribution in [0, 0.1) is 24.6 Å². The second-order valence-corrected chi connectivity index (χ2v) is 9.83. The zero-order chi connectivity index (χ0) is 24.9. The Morgan fingerprint density at radius 3 is 2.37 bits per heavy atom. The summed E-state index contributed by atoms with van der Waals surface area (Å²) in [6.45, 7) is 4.10. The van der Waals surface area contributed by atoms with Gasteiger partial charge in [0.05, 0.1) is 12.5 Å². The molecule has 188 valence electrons. The molecule has 2 aromatic rings. The molecule has 6 nitrogen and oxygen atoms in total. The van der Waals surface area contributed by atoms with Crippen LogP contribution in [-0.4, -0.2) is 71.0 Å². The Bertz CT molecular complexity index is 1050. The van der Waals surface area contributed by atoms with Crippen LogP contribution in [0.3, 0.4) is 0 Å². The van der Waals surface area contributed by atoms with Crippen molar-refractivity contribution in [2.24, 2.45) is 11.8 Å². The number of hydrogen-bond donors (Lipinski definition) is 2. The Morgan fingerprint density at radius 2 is 1.69 bits per heavy atom. The molecule has 0 saturated carbocycles. The van der Waals surface area contributed by atoms with Crippen molar-refractivity contribution in [3.63, 3.8) is 0 Å². The van der Waals surface area contributed by atoms with Crippen LogP contribution >= 0.6 is 0 Å². The molecule has 2 fully saturated rings. The van der Waals surface area contributed by atoms with Crippen LogP contribution in [0.5, 0.6) is 5.75 Å². The van der Waals surface area contributed by atoms with E-state index in [2.05, 4.69) is 0 Å². The molecule has 0 bridgehead atoms. The fourth-order valence-electron chi connectivity index (χ4n) is 5.76. The van der Waals surface area contributed by atoms with Gasteiger partial charge in [-0.1, -0.05) is 37.1 Å². The largest absolute Gasteiger partial charge is 0.508 e. The van der Waals surface area contributed by atoms with Gasteiger partial charge in [0.1, 0.15) is 11.6 Å². The summed E-state index contributed by atoms with van der Waals surface area (Å²) in [5, 5.41) is 19.7. The minimum atomic E-state index is -0.626. The molecular weight excluding hydrogens is 447 g/mol. The van der Waals surface area contributed by atoms with Gasteiger partial charge in [0, 0.05) is 50.1 Å². The molecule has 3 atom stereocenters. The number of nitrogens with zero attached hydrogens (tertiary/aromatic N) is 2. The number of likely N-dealkylation sites (tertiary alicyclic amines) is 2. The van der Waals surface area contributed by atoms with Crippen LogP contribution in [0.4, 0.5) is 4.39 Å². The zero-order valence-electron chi connectivity index (χ0n) is 20.3. The number of Topliss-reactive ketones (excluding diaryl/α,β-unsaturated/α-hetero) is 1. The van der Waals surface area contributed by atoms with Crippen molar-refractivity contribution in [1.29, 1.82) is 0 Å². The molecule has 2 aromatic carbocycles. The number of carbonyl (C=O) groups is 2. The molecule has 7 heteroatoms. The molecule has 2 N–H and O–H groups in total. The Hall–Kier alpha value is -2.77. The summed E-state index contributed by atoms with van der Waals surface area (Å²) in [7, 11) is 0. The minimum absolute atomic E-state index is 0.00286. The number of hydrogen-bond acceptors (Lipinski definition) is 5. The van der Waals surface area contributed by atoms with Gasteiger partial charge in [-0.3, -0.25) is 14.5 Å². The summed E-state index contributed by atoms with van der Waals surface area (Å²) in [6.07, 6.45) is 4.09. The first-order chi connectivity index (χ1) is 16.9. The molecule has 0 spiro atoms. The number of β-amino-alcohol motifs (C(OH)–C–C–N with tert-alkyl or cyclic N) is 1. The number of phenolic OH excluding ortho intramolecular Hbond substituents is 1. The van der Waals surface area contributed by atoms with Crippen molar-refractivity contribution in [2.75, 3.05) is 39.3 Å². The second kappa shape index (κ2) is 11.3. The number of phenols is 1. The molecule has 3 unspecified atom stereocenters. The van der Waals surface area contributed by atoms with Gasteiger partial charge in [-0.2, -0.15) is 0 Å². The van der Waals surface area contributed by atoms with Crippen LogP contribution in [0.2, 0.25) is 0 Å². The molecule has 2 heterocycles. The third kappa shape index (κ3) is 5.57.